The second-order valence-electron chi connectivity index (χ2n) is 6.23. The van der Waals surface area contributed by atoms with Crippen molar-refractivity contribution in [3.8, 4) is 0 Å². The monoisotopic (exact) mass is 340 g/mol. The topological polar surface area (TPSA) is 80.5 Å². The molecule has 5 nitrogen and oxygen atoms in total. The van der Waals surface area contributed by atoms with Gasteiger partial charge < -0.3 is 10.6 Å². The van der Waals surface area contributed by atoms with Crippen LogP contribution in [0.4, 0.5) is 0 Å². The van der Waals surface area contributed by atoms with Crippen molar-refractivity contribution in [3.05, 3.63) is 0 Å². The Morgan fingerprint density at radius 2 is 1.81 bits per heavy atom. The summed E-state index contributed by atoms with van der Waals surface area (Å²) in [5.74, 6) is -0.306. The molecule has 0 saturated heterocycles. The van der Waals surface area contributed by atoms with Crippen molar-refractivity contribution in [1.82, 2.24) is 4.90 Å². The lowest BCUT2D eigenvalue weighted by atomic mass is 10.0. The molecule has 1 rings (SSSR count). The van der Waals surface area contributed by atoms with Crippen molar-refractivity contribution in [3.63, 3.8) is 0 Å². The van der Waals surface area contributed by atoms with Gasteiger partial charge in [0.25, 0.3) is 0 Å². The molecule has 0 bridgehead atoms. The normalized spacial score (nSPS) is 17.6. The first-order valence-corrected chi connectivity index (χ1v) is 9.16. The van der Waals surface area contributed by atoms with E-state index in [4.69, 9.17) is 5.73 Å². The van der Waals surface area contributed by atoms with Gasteiger partial charge in [0.05, 0.1) is 5.25 Å². The number of sulfone groups is 1. The van der Waals surface area contributed by atoms with Gasteiger partial charge in [-0.1, -0.05) is 26.7 Å². The second-order valence-corrected chi connectivity index (χ2v) is 8.51. The maximum Gasteiger partial charge on any atom is 0.237 e. The average Bonchev–Trinajstić information content (AvgIpc) is 2.89. The van der Waals surface area contributed by atoms with Gasteiger partial charge in [0.2, 0.25) is 5.91 Å². The fraction of sp³-hybridized carbons (Fsp3) is 0.929. The molecule has 7 heteroatoms. The van der Waals surface area contributed by atoms with E-state index in [0.717, 1.165) is 12.8 Å². The predicted molar refractivity (Wildman–Crippen MR) is 88.4 cm³/mol. The number of carbonyl (C=O) groups is 1. The predicted octanol–water partition coefficient (Wildman–Crippen LogP) is 1.60. The van der Waals surface area contributed by atoms with Crippen LogP contribution in [0.1, 0.15) is 46.0 Å². The lowest BCUT2D eigenvalue weighted by Crippen LogP contribution is -2.38. The van der Waals surface area contributed by atoms with E-state index in [1.54, 1.807) is 7.05 Å². The van der Waals surface area contributed by atoms with Crippen molar-refractivity contribution in [1.29, 1.82) is 0 Å². The molecule has 126 valence electrons. The number of nitrogens with zero attached hydrogens (tertiary/aromatic N) is 1. The van der Waals surface area contributed by atoms with E-state index in [9.17, 15) is 13.2 Å². The first-order chi connectivity index (χ1) is 9.24. The Balaban J connectivity index is 0.00000400. The van der Waals surface area contributed by atoms with Gasteiger partial charge in [0.15, 0.2) is 9.84 Å². The molecule has 1 atom stereocenters. The van der Waals surface area contributed by atoms with Crippen molar-refractivity contribution >= 4 is 28.2 Å². The van der Waals surface area contributed by atoms with Gasteiger partial charge in [-0.2, -0.15) is 0 Å². The van der Waals surface area contributed by atoms with E-state index in [-0.39, 0.29) is 35.4 Å². The van der Waals surface area contributed by atoms with Gasteiger partial charge in [0.1, 0.15) is 5.75 Å². The van der Waals surface area contributed by atoms with Crippen LogP contribution in [0.2, 0.25) is 0 Å². The zero-order chi connectivity index (χ0) is 15.3. The van der Waals surface area contributed by atoms with Crippen LogP contribution >= 0.6 is 12.4 Å². The summed E-state index contributed by atoms with van der Waals surface area (Å²) in [4.78, 5) is 13.5. The van der Waals surface area contributed by atoms with Crippen LogP contribution in [0.15, 0.2) is 0 Å². The Kier molecular flexibility index (Phi) is 8.81. The lowest BCUT2D eigenvalue weighted by molar-refractivity contribution is -0.127. The van der Waals surface area contributed by atoms with E-state index in [1.807, 2.05) is 13.8 Å². The minimum Gasteiger partial charge on any atom is -0.345 e. The Morgan fingerprint density at radius 3 is 2.29 bits per heavy atom. The summed E-state index contributed by atoms with van der Waals surface area (Å²) >= 11 is 0. The van der Waals surface area contributed by atoms with Gasteiger partial charge in [-0.15, -0.1) is 12.4 Å². The SMILES string of the molecule is CC(C)C(N)CCN(C)C(=O)CS(=O)(=O)C1CCCC1.Cl. The average molecular weight is 341 g/mol. The minimum absolute atomic E-state index is 0. The highest BCUT2D eigenvalue weighted by atomic mass is 35.5. The molecular weight excluding hydrogens is 312 g/mol. The van der Waals surface area contributed by atoms with Crippen LogP contribution in [0.5, 0.6) is 0 Å². The zero-order valence-corrected chi connectivity index (χ0v) is 14.9. The molecule has 1 aliphatic rings. The van der Waals surface area contributed by atoms with Crippen molar-refractivity contribution in [2.75, 3.05) is 19.3 Å². The molecule has 0 radical (unpaired) electrons. The number of carbonyl (C=O) groups excluding carboxylic acids is 1. The molecule has 2 N–H and O–H groups in total. The number of rotatable bonds is 7. The molecule has 1 unspecified atom stereocenters. The van der Waals surface area contributed by atoms with Gasteiger partial charge in [-0.05, 0) is 25.2 Å². The summed E-state index contributed by atoms with van der Waals surface area (Å²) in [7, 11) is -1.63. The second kappa shape index (κ2) is 8.96. The van der Waals surface area contributed by atoms with Gasteiger partial charge in [-0.25, -0.2) is 8.42 Å². The van der Waals surface area contributed by atoms with E-state index in [2.05, 4.69) is 0 Å². The molecular formula is C14H29ClN2O3S. The number of nitrogens with two attached hydrogens (primary N) is 1. The van der Waals surface area contributed by atoms with E-state index >= 15 is 0 Å². The van der Waals surface area contributed by atoms with E-state index in [1.165, 1.54) is 4.90 Å². The Hall–Kier alpha value is -0.330. The Morgan fingerprint density at radius 1 is 1.29 bits per heavy atom. The van der Waals surface area contributed by atoms with Crippen LogP contribution in [-0.2, 0) is 14.6 Å². The number of amides is 1. The third-order valence-electron chi connectivity index (χ3n) is 4.21. The number of halogens is 1. The summed E-state index contributed by atoms with van der Waals surface area (Å²) < 4.78 is 24.2. The fourth-order valence-corrected chi connectivity index (χ4v) is 4.30. The summed E-state index contributed by atoms with van der Waals surface area (Å²) in [6, 6.07) is 0.0386. The highest BCUT2D eigenvalue weighted by Crippen LogP contribution is 2.25. The molecule has 0 heterocycles. The molecule has 0 aliphatic heterocycles. The minimum atomic E-state index is -3.28. The van der Waals surface area contributed by atoms with Crippen LogP contribution in [0, 0.1) is 5.92 Å². The highest BCUT2D eigenvalue weighted by molar-refractivity contribution is 7.92. The van der Waals surface area contributed by atoms with Crippen molar-refractivity contribution in [2.45, 2.75) is 57.2 Å². The Labute approximate surface area is 135 Å². The van der Waals surface area contributed by atoms with Crippen LogP contribution < -0.4 is 5.73 Å². The molecule has 1 fully saturated rings. The molecule has 1 saturated carbocycles. The largest absolute Gasteiger partial charge is 0.345 e. The molecule has 21 heavy (non-hydrogen) atoms. The first kappa shape index (κ1) is 20.7. The number of hydrogen-bond donors (Lipinski definition) is 1. The standard InChI is InChI=1S/C14H28N2O3S.ClH/c1-11(2)13(15)8-9-16(3)14(17)10-20(18,19)12-6-4-5-7-12;/h11-13H,4-10,15H2,1-3H3;1H. The number of hydrogen-bond acceptors (Lipinski definition) is 4. The Bertz CT molecular complexity index is 420. The van der Waals surface area contributed by atoms with Crippen LogP contribution in [0.3, 0.4) is 0 Å². The smallest absolute Gasteiger partial charge is 0.237 e. The first-order valence-electron chi connectivity index (χ1n) is 7.45. The van der Waals surface area contributed by atoms with Gasteiger partial charge in [-0.3, -0.25) is 4.79 Å². The quantitative estimate of drug-likeness (QED) is 0.763. The van der Waals surface area contributed by atoms with Crippen LogP contribution in [-0.4, -0.2) is 49.9 Å². The highest BCUT2D eigenvalue weighted by Gasteiger charge is 2.31. The van der Waals surface area contributed by atoms with Crippen molar-refractivity contribution in [2.24, 2.45) is 11.7 Å². The summed E-state index contributed by atoms with van der Waals surface area (Å²) in [6.07, 6.45) is 4.02. The summed E-state index contributed by atoms with van der Waals surface area (Å²) in [5, 5.41) is -0.308. The third kappa shape index (κ3) is 6.53. The van der Waals surface area contributed by atoms with E-state index < -0.39 is 9.84 Å². The van der Waals surface area contributed by atoms with Gasteiger partial charge >= 0.3 is 0 Å². The maximum atomic E-state index is 12.1. The lowest BCUT2D eigenvalue weighted by Gasteiger charge is -2.22. The van der Waals surface area contributed by atoms with Crippen molar-refractivity contribution < 1.29 is 13.2 Å². The summed E-state index contributed by atoms with van der Waals surface area (Å²) in [6.45, 7) is 4.59. The maximum absolute atomic E-state index is 12.1. The summed E-state index contributed by atoms with van der Waals surface area (Å²) in [5.41, 5.74) is 5.94. The van der Waals surface area contributed by atoms with E-state index in [0.29, 0.717) is 31.7 Å². The molecule has 0 aromatic carbocycles. The van der Waals surface area contributed by atoms with Crippen LogP contribution in [0.25, 0.3) is 0 Å². The molecule has 0 aromatic heterocycles. The molecule has 0 aromatic rings. The zero-order valence-electron chi connectivity index (χ0n) is 13.2. The molecule has 0 spiro atoms. The van der Waals surface area contributed by atoms with Gasteiger partial charge in [0, 0.05) is 19.6 Å². The fourth-order valence-electron chi connectivity index (χ4n) is 2.45. The third-order valence-corrected chi connectivity index (χ3v) is 6.35. The molecule has 1 aliphatic carbocycles. The molecule has 1 amide bonds.